The second-order valence-electron chi connectivity index (χ2n) is 6.28. The van der Waals surface area contributed by atoms with E-state index in [4.69, 9.17) is 0 Å². The van der Waals surface area contributed by atoms with Crippen LogP contribution in [0.15, 0.2) is 36.4 Å². The fraction of sp³-hybridized carbons (Fsp3) is 0.222. The van der Waals surface area contributed by atoms with E-state index in [1.165, 1.54) is 16.9 Å². The summed E-state index contributed by atoms with van der Waals surface area (Å²) in [6.45, 7) is 6.13. The van der Waals surface area contributed by atoms with E-state index >= 15 is 0 Å². The molecule has 0 saturated heterocycles. The van der Waals surface area contributed by atoms with Gasteiger partial charge in [0, 0.05) is 11.6 Å². The van der Waals surface area contributed by atoms with Gasteiger partial charge in [0.2, 0.25) is 0 Å². The van der Waals surface area contributed by atoms with E-state index in [1.807, 2.05) is 43.7 Å². The van der Waals surface area contributed by atoms with Gasteiger partial charge in [-0.3, -0.25) is 10.1 Å². The largest absolute Gasteiger partial charge is 0.298 e. The molecule has 0 unspecified atom stereocenters. The second-order valence-corrected chi connectivity index (χ2v) is 7.31. The maximum absolute atomic E-state index is 12.5. The van der Waals surface area contributed by atoms with Gasteiger partial charge in [-0.15, -0.1) is 5.10 Å². The van der Waals surface area contributed by atoms with E-state index in [0.29, 0.717) is 16.2 Å². The first-order valence-corrected chi connectivity index (χ1v) is 8.86. The number of nitrogens with zero attached hydrogens (tertiary/aromatic N) is 4. The molecular weight excluding hydrogens is 334 g/mol. The van der Waals surface area contributed by atoms with Gasteiger partial charge < -0.3 is 0 Å². The second kappa shape index (κ2) is 5.93. The first-order valence-electron chi connectivity index (χ1n) is 8.05. The Bertz CT molecular complexity index is 1100. The van der Waals surface area contributed by atoms with E-state index in [1.54, 1.807) is 12.1 Å². The van der Waals surface area contributed by atoms with Crippen molar-refractivity contribution in [2.75, 3.05) is 5.32 Å². The normalized spacial score (nSPS) is 11.5. The molecule has 2 heterocycles. The molecule has 0 atom stereocenters. The van der Waals surface area contributed by atoms with Gasteiger partial charge in [-0.05, 0) is 56.7 Å². The Morgan fingerprint density at radius 2 is 2.00 bits per heavy atom. The Morgan fingerprint density at radius 1 is 1.16 bits per heavy atom. The number of aryl methyl sites for hydroxylation is 1. The van der Waals surface area contributed by atoms with Crippen molar-refractivity contribution in [1.82, 2.24) is 20.0 Å². The maximum atomic E-state index is 12.5. The monoisotopic (exact) mass is 351 g/mol. The number of hydrogen-bond donors (Lipinski definition) is 1. The molecule has 0 aliphatic heterocycles. The number of aromatic nitrogens is 4. The molecule has 25 heavy (non-hydrogen) atoms. The van der Waals surface area contributed by atoms with Crippen LogP contribution in [0.4, 0.5) is 5.13 Å². The first-order chi connectivity index (χ1) is 12.0. The van der Waals surface area contributed by atoms with Gasteiger partial charge in [-0.25, -0.2) is 9.67 Å². The van der Waals surface area contributed by atoms with E-state index < -0.39 is 0 Å². The van der Waals surface area contributed by atoms with Crippen LogP contribution in [0.2, 0.25) is 0 Å². The Balaban J connectivity index is 1.62. The van der Waals surface area contributed by atoms with Crippen LogP contribution in [0.3, 0.4) is 0 Å². The highest BCUT2D eigenvalue weighted by atomic mass is 32.1. The lowest BCUT2D eigenvalue weighted by molar-refractivity contribution is 0.102. The Hall–Kier alpha value is -2.80. The summed E-state index contributed by atoms with van der Waals surface area (Å²) in [4.78, 5) is 17.0. The lowest BCUT2D eigenvalue weighted by Crippen LogP contribution is -2.11. The molecule has 0 aliphatic carbocycles. The van der Waals surface area contributed by atoms with Crippen LogP contribution in [0.1, 0.15) is 35.8 Å². The zero-order valence-corrected chi connectivity index (χ0v) is 15.0. The smallest absolute Gasteiger partial charge is 0.257 e. The number of anilines is 1. The highest BCUT2D eigenvalue weighted by Gasteiger charge is 2.13. The summed E-state index contributed by atoms with van der Waals surface area (Å²) in [7, 11) is 0. The van der Waals surface area contributed by atoms with E-state index in [-0.39, 0.29) is 11.9 Å². The molecule has 0 aliphatic rings. The minimum Gasteiger partial charge on any atom is -0.298 e. The third-order valence-corrected chi connectivity index (χ3v) is 4.92. The third-order valence-electron chi connectivity index (χ3n) is 3.99. The third kappa shape index (κ3) is 2.87. The number of benzene rings is 2. The molecule has 2 aromatic heterocycles. The molecule has 126 valence electrons. The van der Waals surface area contributed by atoms with Crippen molar-refractivity contribution in [3.8, 4) is 0 Å². The number of carbonyl (C=O) groups is 1. The van der Waals surface area contributed by atoms with Gasteiger partial charge in [0.15, 0.2) is 5.13 Å². The number of fused-ring (bicyclic) bond motifs is 2. The van der Waals surface area contributed by atoms with Crippen LogP contribution in [-0.2, 0) is 0 Å². The zero-order chi connectivity index (χ0) is 17.6. The molecule has 1 amide bonds. The van der Waals surface area contributed by atoms with Crippen molar-refractivity contribution in [2.24, 2.45) is 0 Å². The van der Waals surface area contributed by atoms with Gasteiger partial charge >= 0.3 is 0 Å². The number of thiazole rings is 1. The van der Waals surface area contributed by atoms with Crippen molar-refractivity contribution in [2.45, 2.75) is 26.8 Å². The van der Waals surface area contributed by atoms with Crippen LogP contribution in [0.25, 0.3) is 21.3 Å². The molecule has 4 aromatic rings. The minimum atomic E-state index is -0.197. The molecule has 0 spiro atoms. The van der Waals surface area contributed by atoms with Crippen LogP contribution in [-0.4, -0.2) is 25.9 Å². The molecule has 0 fully saturated rings. The minimum absolute atomic E-state index is 0.197. The SMILES string of the molecule is Cc1ccc2nc(NC(=O)c3ccc4c(c3)nnn4C(C)C)sc2c1. The lowest BCUT2D eigenvalue weighted by Gasteiger charge is -2.05. The van der Waals surface area contributed by atoms with Gasteiger partial charge in [0.25, 0.3) is 5.91 Å². The van der Waals surface area contributed by atoms with Crippen molar-refractivity contribution < 1.29 is 4.79 Å². The van der Waals surface area contributed by atoms with Gasteiger partial charge in [-0.1, -0.05) is 22.6 Å². The average molecular weight is 351 g/mol. The number of hydrogen-bond acceptors (Lipinski definition) is 5. The Kier molecular flexibility index (Phi) is 3.73. The summed E-state index contributed by atoms with van der Waals surface area (Å²) < 4.78 is 2.90. The summed E-state index contributed by atoms with van der Waals surface area (Å²) in [6, 6.07) is 11.7. The van der Waals surface area contributed by atoms with Gasteiger partial charge in [0.1, 0.15) is 5.52 Å². The molecule has 1 N–H and O–H groups in total. The molecular formula is C18H17N5OS. The van der Waals surface area contributed by atoms with Crippen molar-refractivity contribution in [3.05, 3.63) is 47.5 Å². The summed E-state index contributed by atoms with van der Waals surface area (Å²) in [6.07, 6.45) is 0. The molecule has 2 aromatic carbocycles. The lowest BCUT2D eigenvalue weighted by atomic mass is 10.2. The summed E-state index contributed by atoms with van der Waals surface area (Å²) in [5, 5.41) is 11.8. The van der Waals surface area contributed by atoms with E-state index in [9.17, 15) is 4.79 Å². The molecule has 4 rings (SSSR count). The number of carbonyl (C=O) groups excluding carboxylic acids is 1. The summed E-state index contributed by atoms with van der Waals surface area (Å²) in [5.41, 5.74) is 4.23. The molecule has 0 saturated carbocycles. The van der Waals surface area contributed by atoms with Crippen LogP contribution in [0, 0.1) is 6.92 Å². The predicted molar refractivity (Wildman–Crippen MR) is 100 cm³/mol. The molecule has 6 nitrogen and oxygen atoms in total. The Labute approximate surface area is 148 Å². The van der Waals surface area contributed by atoms with Crippen LogP contribution < -0.4 is 5.32 Å². The predicted octanol–water partition coefficient (Wildman–Crippen LogP) is 4.18. The number of amides is 1. The summed E-state index contributed by atoms with van der Waals surface area (Å²) in [5.74, 6) is -0.197. The fourth-order valence-electron chi connectivity index (χ4n) is 2.72. The van der Waals surface area contributed by atoms with Crippen molar-refractivity contribution >= 4 is 43.6 Å². The maximum Gasteiger partial charge on any atom is 0.257 e. The summed E-state index contributed by atoms with van der Waals surface area (Å²) >= 11 is 1.47. The average Bonchev–Trinajstić information content (AvgIpc) is 3.16. The van der Waals surface area contributed by atoms with Gasteiger partial charge in [0.05, 0.1) is 15.7 Å². The van der Waals surface area contributed by atoms with Crippen molar-refractivity contribution in [3.63, 3.8) is 0 Å². The highest BCUT2D eigenvalue weighted by Crippen LogP contribution is 2.27. The van der Waals surface area contributed by atoms with E-state index in [2.05, 4.69) is 26.7 Å². The molecule has 0 radical (unpaired) electrons. The quantitative estimate of drug-likeness (QED) is 0.601. The molecule has 7 heteroatoms. The fourth-order valence-corrected chi connectivity index (χ4v) is 3.68. The van der Waals surface area contributed by atoms with E-state index in [0.717, 1.165) is 15.7 Å². The topological polar surface area (TPSA) is 72.7 Å². The Morgan fingerprint density at radius 3 is 2.80 bits per heavy atom. The van der Waals surface area contributed by atoms with Crippen LogP contribution >= 0.6 is 11.3 Å². The first kappa shape index (κ1) is 15.7. The number of rotatable bonds is 3. The van der Waals surface area contributed by atoms with Crippen LogP contribution in [0.5, 0.6) is 0 Å². The zero-order valence-electron chi connectivity index (χ0n) is 14.1. The van der Waals surface area contributed by atoms with Crippen molar-refractivity contribution in [1.29, 1.82) is 0 Å². The highest BCUT2D eigenvalue weighted by molar-refractivity contribution is 7.22. The number of nitrogens with one attached hydrogen (secondary N) is 1. The standard InChI is InChI=1S/C18H17N5OS/c1-10(2)23-15-7-5-12(9-14(15)21-22-23)17(24)20-18-19-13-6-4-11(3)8-16(13)25-18/h4-10H,1-3H3,(H,19,20,24). The van der Waals surface area contributed by atoms with Gasteiger partial charge in [-0.2, -0.15) is 0 Å². The molecule has 0 bridgehead atoms.